The van der Waals surface area contributed by atoms with Crippen LogP contribution in [0.5, 0.6) is 0 Å². The summed E-state index contributed by atoms with van der Waals surface area (Å²) in [5, 5.41) is 5.97. The van der Waals surface area contributed by atoms with Crippen LogP contribution in [-0.4, -0.2) is 15.9 Å². The Hall–Kier alpha value is -2.73. The van der Waals surface area contributed by atoms with E-state index >= 15 is 0 Å². The van der Waals surface area contributed by atoms with Gasteiger partial charge in [0, 0.05) is 29.1 Å². The number of halogens is 1. The lowest BCUT2D eigenvalue weighted by atomic mass is 10.1. The van der Waals surface area contributed by atoms with Gasteiger partial charge < -0.3 is 10.6 Å². The third kappa shape index (κ3) is 4.64. The summed E-state index contributed by atoms with van der Waals surface area (Å²) in [4.78, 5) is 20.6. The average molecular weight is 397 g/mol. The van der Waals surface area contributed by atoms with E-state index in [0.29, 0.717) is 18.1 Å². The predicted molar refractivity (Wildman–Crippen MR) is 103 cm³/mol. The number of rotatable bonds is 5. The second-order valence-electron chi connectivity index (χ2n) is 5.54. The average Bonchev–Trinajstić information content (AvgIpc) is 2.63. The molecule has 0 bridgehead atoms. The fourth-order valence-electron chi connectivity index (χ4n) is 2.26. The van der Waals surface area contributed by atoms with Crippen LogP contribution in [0.1, 0.15) is 21.5 Å². The molecule has 0 aliphatic carbocycles. The Balaban J connectivity index is 1.60. The van der Waals surface area contributed by atoms with Crippen LogP contribution in [0.15, 0.2) is 65.4 Å². The minimum absolute atomic E-state index is 0.243. The van der Waals surface area contributed by atoms with Crippen LogP contribution < -0.4 is 10.6 Å². The Bertz CT molecular complexity index is 863. The number of nitrogens with one attached hydrogen (secondary N) is 2. The van der Waals surface area contributed by atoms with Crippen LogP contribution in [0.3, 0.4) is 0 Å². The molecule has 1 heterocycles. The van der Waals surface area contributed by atoms with Crippen LogP contribution in [0.4, 0.5) is 11.6 Å². The summed E-state index contributed by atoms with van der Waals surface area (Å²) in [6, 6.07) is 15.5. The Morgan fingerprint density at radius 2 is 1.72 bits per heavy atom. The summed E-state index contributed by atoms with van der Waals surface area (Å²) in [5.74, 6) is 0.247. The van der Waals surface area contributed by atoms with E-state index in [1.54, 1.807) is 0 Å². The molecule has 6 heteroatoms. The van der Waals surface area contributed by atoms with Gasteiger partial charge in [0.2, 0.25) is 5.95 Å². The number of hydrogen-bond donors (Lipinski definition) is 2. The molecule has 3 aromatic rings. The minimum atomic E-state index is -0.243. The number of carbonyl (C=O) groups is 1. The molecule has 0 aliphatic rings. The van der Waals surface area contributed by atoms with Gasteiger partial charge in [0.25, 0.3) is 5.91 Å². The van der Waals surface area contributed by atoms with Crippen LogP contribution >= 0.6 is 15.9 Å². The standard InChI is InChI=1S/C19H17BrN4O/c1-13-4-2-3-5-14(13)10-21-19-22-11-15(12-23-19)18(25)24-17-8-6-16(20)7-9-17/h2-9,11-12H,10H2,1H3,(H,24,25)(H,21,22,23). The van der Waals surface area contributed by atoms with E-state index in [4.69, 9.17) is 0 Å². The first-order valence-electron chi connectivity index (χ1n) is 7.79. The zero-order valence-electron chi connectivity index (χ0n) is 13.7. The quantitative estimate of drug-likeness (QED) is 0.669. The molecule has 0 atom stereocenters. The summed E-state index contributed by atoms with van der Waals surface area (Å²) >= 11 is 3.36. The molecule has 0 saturated heterocycles. The molecule has 2 aromatic carbocycles. The molecular formula is C19H17BrN4O. The number of benzene rings is 2. The van der Waals surface area contributed by atoms with E-state index in [-0.39, 0.29) is 5.91 Å². The van der Waals surface area contributed by atoms with Crippen molar-refractivity contribution in [3.63, 3.8) is 0 Å². The van der Waals surface area contributed by atoms with Crippen molar-refractivity contribution in [2.75, 3.05) is 10.6 Å². The van der Waals surface area contributed by atoms with Crippen LogP contribution in [-0.2, 0) is 6.54 Å². The summed E-state index contributed by atoms with van der Waals surface area (Å²) in [7, 11) is 0. The number of hydrogen-bond acceptors (Lipinski definition) is 4. The Kier molecular flexibility index (Phi) is 5.40. The molecule has 0 unspecified atom stereocenters. The highest BCUT2D eigenvalue weighted by Crippen LogP contribution is 2.15. The van der Waals surface area contributed by atoms with Gasteiger partial charge in [0.15, 0.2) is 0 Å². The molecule has 0 saturated carbocycles. The number of amides is 1. The second kappa shape index (κ2) is 7.90. The van der Waals surface area contributed by atoms with Crippen molar-refractivity contribution in [3.05, 3.63) is 82.1 Å². The summed E-state index contributed by atoms with van der Waals surface area (Å²) in [6.07, 6.45) is 3.03. The van der Waals surface area contributed by atoms with Crippen molar-refractivity contribution < 1.29 is 4.79 Å². The first kappa shape index (κ1) is 17.1. The van der Waals surface area contributed by atoms with Gasteiger partial charge >= 0.3 is 0 Å². The van der Waals surface area contributed by atoms with Crippen LogP contribution in [0, 0.1) is 6.92 Å². The Morgan fingerprint density at radius 3 is 2.40 bits per heavy atom. The van der Waals surface area contributed by atoms with Crippen molar-refractivity contribution >= 4 is 33.5 Å². The molecule has 126 valence electrons. The molecule has 2 N–H and O–H groups in total. The normalized spacial score (nSPS) is 10.3. The lowest BCUT2D eigenvalue weighted by molar-refractivity contribution is 0.102. The minimum Gasteiger partial charge on any atom is -0.350 e. The van der Waals surface area contributed by atoms with E-state index in [0.717, 1.165) is 10.2 Å². The zero-order chi connectivity index (χ0) is 17.6. The van der Waals surface area contributed by atoms with E-state index in [1.807, 2.05) is 36.4 Å². The van der Waals surface area contributed by atoms with E-state index in [1.165, 1.54) is 23.5 Å². The molecule has 0 aliphatic heterocycles. The van der Waals surface area contributed by atoms with Gasteiger partial charge in [-0.3, -0.25) is 4.79 Å². The monoisotopic (exact) mass is 396 g/mol. The molecule has 0 fully saturated rings. The highest BCUT2D eigenvalue weighted by Gasteiger charge is 2.08. The maximum absolute atomic E-state index is 12.2. The fraction of sp³-hybridized carbons (Fsp3) is 0.105. The number of aromatic nitrogens is 2. The SMILES string of the molecule is Cc1ccccc1CNc1ncc(C(=O)Nc2ccc(Br)cc2)cn1. The van der Waals surface area contributed by atoms with Crippen molar-refractivity contribution in [1.82, 2.24) is 9.97 Å². The lowest BCUT2D eigenvalue weighted by Crippen LogP contribution is -2.13. The van der Waals surface area contributed by atoms with Gasteiger partial charge in [-0.25, -0.2) is 9.97 Å². The third-order valence-corrected chi connectivity index (χ3v) is 4.24. The molecule has 3 rings (SSSR count). The van der Waals surface area contributed by atoms with Crippen molar-refractivity contribution in [3.8, 4) is 0 Å². The topological polar surface area (TPSA) is 66.9 Å². The van der Waals surface area contributed by atoms with Gasteiger partial charge in [-0.1, -0.05) is 40.2 Å². The first-order valence-corrected chi connectivity index (χ1v) is 8.58. The highest BCUT2D eigenvalue weighted by molar-refractivity contribution is 9.10. The number of nitrogens with zero attached hydrogens (tertiary/aromatic N) is 2. The summed E-state index contributed by atoms with van der Waals surface area (Å²) in [5.41, 5.74) is 3.52. The van der Waals surface area contributed by atoms with E-state index in [9.17, 15) is 4.79 Å². The summed E-state index contributed by atoms with van der Waals surface area (Å²) in [6.45, 7) is 2.70. The maximum atomic E-state index is 12.2. The molecule has 1 aromatic heterocycles. The van der Waals surface area contributed by atoms with Crippen molar-refractivity contribution in [2.24, 2.45) is 0 Å². The Labute approximate surface area is 154 Å². The highest BCUT2D eigenvalue weighted by atomic mass is 79.9. The zero-order valence-corrected chi connectivity index (χ0v) is 15.2. The van der Waals surface area contributed by atoms with E-state index in [2.05, 4.69) is 55.6 Å². The van der Waals surface area contributed by atoms with Gasteiger partial charge in [-0.05, 0) is 42.3 Å². The summed E-state index contributed by atoms with van der Waals surface area (Å²) < 4.78 is 0.956. The number of anilines is 2. The molecular weight excluding hydrogens is 380 g/mol. The smallest absolute Gasteiger partial charge is 0.258 e. The molecule has 5 nitrogen and oxygen atoms in total. The fourth-order valence-corrected chi connectivity index (χ4v) is 2.52. The molecule has 25 heavy (non-hydrogen) atoms. The first-order chi connectivity index (χ1) is 12.1. The predicted octanol–water partition coefficient (Wildman–Crippen LogP) is 4.41. The second-order valence-corrected chi connectivity index (χ2v) is 6.45. The third-order valence-electron chi connectivity index (χ3n) is 3.71. The van der Waals surface area contributed by atoms with Gasteiger partial charge in [-0.2, -0.15) is 0 Å². The molecule has 0 radical (unpaired) electrons. The lowest BCUT2D eigenvalue weighted by Gasteiger charge is -2.08. The number of aryl methyl sites for hydroxylation is 1. The van der Waals surface area contributed by atoms with Gasteiger partial charge in [-0.15, -0.1) is 0 Å². The van der Waals surface area contributed by atoms with E-state index < -0.39 is 0 Å². The van der Waals surface area contributed by atoms with Gasteiger partial charge in [0.1, 0.15) is 0 Å². The number of carbonyl (C=O) groups excluding carboxylic acids is 1. The molecule has 1 amide bonds. The Morgan fingerprint density at radius 1 is 1.04 bits per heavy atom. The molecule has 0 spiro atoms. The van der Waals surface area contributed by atoms with Crippen molar-refractivity contribution in [1.29, 1.82) is 0 Å². The van der Waals surface area contributed by atoms with Crippen LogP contribution in [0.2, 0.25) is 0 Å². The van der Waals surface area contributed by atoms with Gasteiger partial charge in [0.05, 0.1) is 5.56 Å². The van der Waals surface area contributed by atoms with Crippen molar-refractivity contribution in [2.45, 2.75) is 13.5 Å². The maximum Gasteiger partial charge on any atom is 0.258 e. The van der Waals surface area contributed by atoms with Crippen LogP contribution in [0.25, 0.3) is 0 Å². The largest absolute Gasteiger partial charge is 0.350 e.